The monoisotopic (exact) mass is 368 g/mol. The number of anilines is 1. The van der Waals surface area contributed by atoms with Gasteiger partial charge in [-0.1, -0.05) is 17.7 Å². The van der Waals surface area contributed by atoms with E-state index in [1.54, 1.807) is 24.3 Å². The van der Waals surface area contributed by atoms with Crippen LogP contribution in [0, 0.1) is 6.92 Å². The molecule has 1 saturated heterocycles. The van der Waals surface area contributed by atoms with E-state index in [4.69, 9.17) is 9.47 Å². The summed E-state index contributed by atoms with van der Waals surface area (Å²) >= 11 is 0. The molecule has 1 fully saturated rings. The van der Waals surface area contributed by atoms with Crippen LogP contribution in [0.3, 0.4) is 0 Å². The quantitative estimate of drug-likeness (QED) is 0.765. The number of benzene rings is 2. The Hall–Kier alpha value is -3.35. The summed E-state index contributed by atoms with van der Waals surface area (Å²) in [5.41, 5.74) is 1.71. The zero-order valence-corrected chi connectivity index (χ0v) is 14.9. The van der Waals surface area contributed by atoms with Crippen molar-refractivity contribution in [1.29, 1.82) is 0 Å². The highest BCUT2D eigenvalue weighted by atomic mass is 16.5. The van der Waals surface area contributed by atoms with Crippen LogP contribution in [0.1, 0.15) is 18.4 Å². The van der Waals surface area contributed by atoms with Crippen molar-refractivity contribution in [3.63, 3.8) is 0 Å². The van der Waals surface area contributed by atoms with Crippen LogP contribution in [0.5, 0.6) is 11.5 Å². The van der Waals surface area contributed by atoms with Gasteiger partial charge in [0.2, 0.25) is 5.91 Å². The van der Waals surface area contributed by atoms with Crippen LogP contribution < -0.4 is 15.4 Å². The number of esters is 1. The van der Waals surface area contributed by atoms with Crippen molar-refractivity contribution in [2.75, 3.05) is 11.9 Å². The first-order chi connectivity index (χ1) is 13.0. The van der Waals surface area contributed by atoms with E-state index in [1.807, 2.05) is 31.2 Å². The Morgan fingerprint density at radius 1 is 1.07 bits per heavy atom. The molecule has 1 aliphatic rings. The van der Waals surface area contributed by atoms with Gasteiger partial charge in [-0.2, -0.15) is 0 Å². The minimum atomic E-state index is -0.663. The molecule has 0 saturated carbocycles. The fourth-order valence-electron chi connectivity index (χ4n) is 2.57. The number of carbonyl (C=O) groups is 3. The normalized spacial score (nSPS) is 15.7. The highest BCUT2D eigenvalue weighted by Crippen LogP contribution is 2.23. The van der Waals surface area contributed by atoms with Crippen molar-refractivity contribution >= 4 is 23.5 Å². The minimum absolute atomic E-state index is 0.186. The second-order valence-corrected chi connectivity index (χ2v) is 6.25. The van der Waals surface area contributed by atoms with E-state index < -0.39 is 24.5 Å². The van der Waals surface area contributed by atoms with Crippen LogP contribution in [0.2, 0.25) is 0 Å². The molecule has 7 nitrogen and oxygen atoms in total. The lowest BCUT2D eigenvalue weighted by atomic mass is 10.2. The van der Waals surface area contributed by atoms with E-state index in [9.17, 15) is 14.4 Å². The third kappa shape index (κ3) is 5.31. The molecule has 2 N–H and O–H groups in total. The van der Waals surface area contributed by atoms with Crippen LogP contribution in [-0.2, 0) is 19.1 Å². The fraction of sp³-hybridized carbons (Fsp3) is 0.250. The molecular formula is C20H20N2O5. The zero-order chi connectivity index (χ0) is 19.2. The van der Waals surface area contributed by atoms with Gasteiger partial charge in [-0.25, -0.2) is 4.79 Å². The molecular weight excluding hydrogens is 348 g/mol. The summed E-state index contributed by atoms with van der Waals surface area (Å²) in [7, 11) is 0. The minimum Gasteiger partial charge on any atom is -0.457 e. The molecule has 0 spiro atoms. The number of ether oxygens (including phenoxy) is 2. The molecule has 7 heteroatoms. The Balaban J connectivity index is 1.46. The predicted molar refractivity (Wildman–Crippen MR) is 98.4 cm³/mol. The molecule has 0 aromatic heterocycles. The molecule has 3 rings (SSSR count). The average molecular weight is 368 g/mol. The summed E-state index contributed by atoms with van der Waals surface area (Å²) < 4.78 is 10.7. The number of amides is 2. The molecule has 1 heterocycles. The lowest BCUT2D eigenvalue weighted by Gasteiger charge is -2.11. The van der Waals surface area contributed by atoms with E-state index in [0.29, 0.717) is 24.3 Å². The van der Waals surface area contributed by atoms with Crippen LogP contribution >= 0.6 is 0 Å². The zero-order valence-electron chi connectivity index (χ0n) is 14.9. The lowest BCUT2D eigenvalue weighted by molar-refractivity contribution is -0.149. The third-order valence-corrected chi connectivity index (χ3v) is 4.02. The summed E-state index contributed by atoms with van der Waals surface area (Å²) in [6, 6.07) is 13.9. The first-order valence-corrected chi connectivity index (χ1v) is 8.60. The number of nitrogens with one attached hydrogen (secondary N) is 2. The van der Waals surface area contributed by atoms with E-state index >= 15 is 0 Å². The molecule has 0 unspecified atom stereocenters. The fourth-order valence-corrected chi connectivity index (χ4v) is 2.57. The SMILES string of the molecule is Cc1ccc(Oc2ccc(NC(=O)COC(=O)[C@@H]3CCC(=O)N3)cc2)cc1. The number of hydrogen-bond donors (Lipinski definition) is 2. The maximum Gasteiger partial charge on any atom is 0.329 e. The highest BCUT2D eigenvalue weighted by molar-refractivity contribution is 5.94. The topological polar surface area (TPSA) is 93.7 Å². The summed E-state index contributed by atoms with van der Waals surface area (Å²) in [5, 5.41) is 5.13. The Bertz CT molecular complexity index is 830. The number of rotatable bonds is 6. The van der Waals surface area contributed by atoms with Gasteiger partial charge in [0.1, 0.15) is 17.5 Å². The maximum absolute atomic E-state index is 11.9. The van der Waals surface area contributed by atoms with Gasteiger partial charge in [-0.3, -0.25) is 9.59 Å². The maximum atomic E-state index is 11.9. The molecule has 0 radical (unpaired) electrons. The molecule has 0 bridgehead atoms. The van der Waals surface area contributed by atoms with Gasteiger partial charge < -0.3 is 20.1 Å². The molecule has 1 aliphatic heterocycles. The van der Waals surface area contributed by atoms with Crippen molar-refractivity contribution in [3.8, 4) is 11.5 Å². The van der Waals surface area contributed by atoms with Crippen molar-refractivity contribution in [2.24, 2.45) is 0 Å². The molecule has 27 heavy (non-hydrogen) atoms. The number of carbonyl (C=O) groups excluding carboxylic acids is 3. The Morgan fingerprint density at radius 3 is 2.30 bits per heavy atom. The van der Waals surface area contributed by atoms with E-state index in [-0.39, 0.29) is 5.91 Å². The second kappa shape index (κ2) is 8.35. The summed E-state index contributed by atoms with van der Waals surface area (Å²) in [6.45, 7) is 1.59. The molecule has 2 aromatic carbocycles. The predicted octanol–water partition coefficient (Wildman–Crippen LogP) is 2.55. The van der Waals surface area contributed by atoms with Crippen LogP contribution in [0.15, 0.2) is 48.5 Å². The third-order valence-electron chi connectivity index (χ3n) is 4.02. The Kier molecular flexibility index (Phi) is 5.71. The molecule has 1 atom stereocenters. The van der Waals surface area contributed by atoms with Gasteiger partial charge in [0.15, 0.2) is 6.61 Å². The van der Waals surface area contributed by atoms with Gasteiger partial charge in [0.25, 0.3) is 5.91 Å². The summed E-state index contributed by atoms with van der Waals surface area (Å²) in [4.78, 5) is 34.7. The Morgan fingerprint density at radius 2 is 1.70 bits per heavy atom. The van der Waals surface area contributed by atoms with Crippen molar-refractivity contribution in [3.05, 3.63) is 54.1 Å². The van der Waals surface area contributed by atoms with Crippen LogP contribution in [0.4, 0.5) is 5.69 Å². The Labute approximate surface area is 156 Å². The van der Waals surface area contributed by atoms with E-state index in [2.05, 4.69) is 10.6 Å². The van der Waals surface area contributed by atoms with Gasteiger partial charge in [-0.05, 0) is 49.7 Å². The van der Waals surface area contributed by atoms with E-state index in [0.717, 1.165) is 11.3 Å². The smallest absolute Gasteiger partial charge is 0.329 e. The lowest BCUT2D eigenvalue weighted by Crippen LogP contribution is -2.36. The first-order valence-electron chi connectivity index (χ1n) is 8.60. The van der Waals surface area contributed by atoms with Crippen LogP contribution in [-0.4, -0.2) is 30.4 Å². The number of aryl methyl sites for hydroxylation is 1. The second-order valence-electron chi connectivity index (χ2n) is 6.25. The van der Waals surface area contributed by atoms with E-state index in [1.165, 1.54) is 0 Å². The van der Waals surface area contributed by atoms with Crippen molar-refractivity contribution in [1.82, 2.24) is 5.32 Å². The highest BCUT2D eigenvalue weighted by Gasteiger charge is 2.28. The molecule has 2 aromatic rings. The van der Waals surface area contributed by atoms with Crippen molar-refractivity contribution in [2.45, 2.75) is 25.8 Å². The molecule has 140 valence electrons. The number of hydrogen-bond acceptors (Lipinski definition) is 5. The standard InChI is InChI=1S/C20H20N2O5/c1-13-2-6-15(7-3-13)27-16-8-4-14(5-9-16)21-19(24)12-26-20(25)17-10-11-18(23)22-17/h2-9,17H,10-12H2,1H3,(H,21,24)(H,22,23)/t17-/m0/s1. The average Bonchev–Trinajstić information content (AvgIpc) is 3.10. The molecule has 2 amide bonds. The van der Waals surface area contributed by atoms with Gasteiger partial charge >= 0.3 is 5.97 Å². The summed E-state index contributed by atoms with van der Waals surface area (Å²) in [5.74, 6) is 0.121. The summed E-state index contributed by atoms with van der Waals surface area (Å²) in [6.07, 6.45) is 0.685. The van der Waals surface area contributed by atoms with Gasteiger partial charge in [0.05, 0.1) is 0 Å². The van der Waals surface area contributed by atoms with Gasteiger partial charge in [-0.15, -0.1) is 0 Å². The largest absolute Gasteiger partial charge is 0.457 e. The van der Waals surface area contributed by atoms with Crippen molar-refractivity contribution < 1.29 is 23.9 Å². The molecule has 0 aliphatic carbocycles. The first kappa shape index (κ1) is 18.4. The van der Waals surface area contributed by atoms with Gasteiger partial charge in [0, 0.05) is 12.1 Å². The van der Waals surface area contributed by atoms with Crippen LogP contribution in [0.25, 0.3) is 0 Å².